The van der Waals surface area contributed by atoms with Crippen LogP contribution in [0.15, 0.2) is 52.8 Å². The Balaban J connectivity index is 2.05. The maximum atomic E-state index is 5.96. The van der Waals surface area contributed by atoms with Gasteiger partial charge in [-0.05, 0) is 29.8 Å². The molecule has 1 aromatic heterocycles. The van der Waals surface area contributed by atoms with E-state index in [2.05, 4.69) is 9.95 Å². The molecule has 0 fully saturated rings. The Morgan fingerprint density at radius 2 is 1.79 bits per heavy atom. The molecule has 4 nitrogen and oxygen atoms in total. The van der Waals surface area contributed by atoms with Gasteiger partial charge in [-0.15, -0.1) is 11.3 Å². The van der Waals surface area contributed by atoms with Crippen LogP contribution < -0.4 is 14.3 Å². The fraction of sp³-hybridized carbons (Fsp3) is 0.167. The van der Waals surface area contributed by atoms with Gasteiger partial charge in [0.25, 0.3) is 0 Å². The zero-order valence-electron chi connectivity index (χ0n) is 13.6. The number of hydrogen-bond donors (Lipinski definition) is 0. The van der Waals surface area contributed by atoms with Crippen molar-refractivity contribution < 1.29 is 9.47 Å². The number of hydrogen-bond acceptors (Lipinski definition) is 4. The molecule has 0 atom stereocenters. The monoisotopic (exact) mass is 360 g/mol. The van der Waals surface area contributed by atoms with E-state index in [1.165, 1.54) is 0 Å². The number of nitrogens with zero attached hydrogens (tertiary/aromatic N) is 2. The molecule has 0 N–H and O–H groups in total. The molecule has 3 rings (SSSR count). The van der Waals surface area contributed by atoms with Crippen LogP contribution in [0.3, 0.4) is 0 Å². The van der Waals surface area contributed by atoms with E-state index < -0.39 is 0 Å². The topological polar surface area (TPSA) is 35.8 Å². The van der Waals surface area contributed by atoms with Gasteiger partial charge in [-0.3, -0.25) is 0 Å². The molecule has 0 saturated heterocycles. The lowest BCUT2D eigenvalue weighted by molar-refractivity contribution is 0.395. The normalized spacial score (nSPS) is 11.6. The molecule has 0 unspecified atom stereocenters. The molecular weight excluding hydrogens is 344 g/mol. The molecule has 2 aromatic carbocycles. The van der Waals surface area contributed by atoms with E-state index in [1.54, 1.807) is 25.6 Å². The summed E-state index contributed by atoms with van der Waals surface area (Å²) in [7, 11) is 5.25. The number of rotatable bonds is 4. The lowest BCUT2D eigenvalue weighted by Crippen LogP contribution is -2.11. The van der Waals surface area contributed by atoms with Crippen LogP contribution in [-0.4, -0.2) is 18.8 Å². The lowest BCUT2D eigenvalue weighted by Gasteiger charge is -2.07. The van der Waals surface area contributed by atoms with Gasteiger partial charge in [0.2, 0.25) is 0 Å². The van der Waals surface area contributed by atoms with Crippen molar-refractivity contribution in [1.29, 1.82) is 0 Å². The minimum atomic E-state index is 0.677. The summed E-state index contributed by atoms with van der Waals surface area (Å²) in [6, 6.07) is 13.4. The third kappa shape index (κ3) is 3.32. The lowest BCUT2D eigenvalue weighted by atomic mass is 10.2. The average Bonchev–Trinajstić information content (AvgIpc) is 2.96. The van der Waals surface area contributed by atoms with Crippen molar-refractivity contribution in [3.63, 3.8) is 0 Å². The molecule has 0 radical (unpaired) electrons. The van der Waals surface area contributed by atoms with Crippen molar-refractivity contribution in [3.05, 3.63) is 57.7 Å². The summed E-state index contributed by atoms with van der Waals surface area (Å²) in [4.78, 5) is 5.60. The van der Waals surface area contributed by atoms with Crippen LogP contribution in [0.1, 0.15) is 0 Å². The van der Waals surface area contributed by atoms with Gasteiger partial charge >= 0.3 is 0 Å². The van der Waals surface area contributed by atoms with Crippen LogP contribution in [0.25, 0.3) is 11.3 Å². The van der Waals surface area contributed by atoms with Gasteiger partial charge < -0.3 is 14.0 Å². The molecule has 0 spiro atoms. The number of benzene rings is 2. The first-order chi connectivity index (χ1) is 11.6. The Bertz CT molecular complexity index is 914. The second-order valence-corrected chi connectivity index (χ2v) is 6.39. The first kappa shape index (κ1) is 16.6. The average molecular weight is 361 g/mol. The third-order valence-corrected chi connectivity index (χ3v) is 4.84. The van der Waals surface area contributed by atoms with Gasteiger partial charge in [0.05, 0.1) is 19.9 Å². The zero-order valence-corrected chi connectivity index (χ0v) is 15.2. The Kier molecular flexibility index (Phi) is 4.92. The van der Waals surface area contributed by atoms with Crippen molar-refractivity contribution in [2.24, 2.45) is 12.0 Å². The van der Waals surface area contributed by atoms with Gasteiger partial charge in [-0.25, -0.2) is 4.99 Å². The highest BCUT2D eigenvalue weighted by molar-refractivity contribution is 7.07. The molecule has 0 amide bonds. The van der Waals surface area contributed by atoms with Crippen LogP contribution >= 0.6 is 22.9 Å². The highest BCUT2D eigenvalue weighted by Crippen LogP contribution is 2.31. The van der Waals surface area contributed by atoms with Crippen LogP contribution in [0.5, 0.6) is 11.5 Å². The summed E-state index contributed by atoms with van der Waals surface area (Å²) in [6.07, 6.45) is 0. The third-order valence-electron chi connectivity index (χ3n) is 3.67. The number of aromatic nitrogens is 1. The zero-order chi connectivity index (χ0) is 17.1. The van der Waals surface area contributed by atoms with E-state index in [0.717, 1.165) is 32.5 Å². The summed E-state index contributed by atoms with van der Waals surface area (Å²) >= 11 is 7.54. The minimum Gasteiger partial charge on any atom is -0.497 e. The maximum absolute atomic E-state index is 5.96. The highest BCUT2D eigenvalue weighted by atomic mass is 35.5. The SMILES string of the molecule is COc1ccc(N=c2scc(-c3ccc(Cl)cc3)n2C)c(OC)c1. The number of halogens is 1. The van der Waals surface area contributed by atoms with Gasteiger partial charge in [-0.2, -0.15) is 0 Å². The van der Waals surface area contributed by atoms with E-state index in [0.29, 0.717) is 5.75 Å². The van der Waals surface area contributed by atoms with Gasteiger partial charge in [0.15, 0.2) is 4.80 Å². The van der Waals surface area contributed by atoms with Gasteiger partial charge in [-0.1, -0.05) is 23.7 Å². The van der Waals surface area contributed by atoms with E-state index >= 15 is 0 Å². The molecule has 0 bridgehead atoms. The quantitative estimate of drug-likeness (QED) is 0.678. The molecule has 1 heterocycles. The minimum absolute atomic E-state index is 0.677. The maximum Gasteiger partial charge on any atom is 0.190 e. The van der Waals surface area contributed by atoms with Crippen molar-refractivity contribution in [2.75, 3.05) is 14.2 Å². The number of thiazole rings is 1. The highest BCUT2D eigenvalue weighted by Gasteiger charge is 2.07. The van der Waals surface area contributed by atoms with Crippen molar-refractivity contribution in [3.8, 4) is 22.8 Å². The molecule has 0 aliphatic carbocycles. The fourth-order valence-electron chi connectivity index (χ4n) is 2.33. The number of methoxy groups -OCH3 is 2. The van der Waals surface area contributed by atoms with E-state index in [9.17, 15) is 0 Å². The van der Waals surface area contributed by atoms with Crippen LogP contribution in [0.4, 0.5) is 5.69 Å². The second-order valence-electron chi connectivity index (χ2n) is 5.12. The molecule has 0 aliphatic heterocycles. The first-order valence-electron chi connectivity index (χ1n) is 7.29. The molecule has 0 saturated carbocycles. The molecule has 24 heavy (non-hydrogen) atoms. The smallest absolute Gasteiger partial charge is 0.190 e. The van der Waals surface area contributed by atoms with Crippen LogP contribution in [0, 0.1) is 0 Å². The molecule has 0 aliphatic rings. The summed E-state index contributed by atoms with van der Waals surface area (Å²) in [5, 5.41) is 2.81. The number of ether oxygens (including phenoxy) is 2. The Hall–Kier alpha value is -2.24. The van der Waals surface area contributed by atoms with E-state index in [1.807, 2.05) is 49.5 Å². The van der Waals surface area contributed by atoms with Gasteiger partial charge in [0, 0.05) is 23.5 Å². The predicted molar refractivity (Wildman–Crippen MR) is 98.5 cm³/mol. The molecule has 3 aromatic rings. The predicted octanol–water partition coefficient (Wildman–Crippen LogP) is 4.66. The van der Waals surface area contributed by atoms with Crippen LogP contribution in [-0.2, 0) is 7.05 Å². The largest absolute Gasteiger partial charge is 0.497 e. The van der Waals surface area contributed by atoms with Gasteiger partial charge in [0.1, 0.15) is 17.2 Å². The summed E-state index contributed by atoms with van der Waals surface area (Å²) in [5.41, 5.74) is 2.95. The standard InChI is InChI=1S/C18H17ClN2O2S/c1-21-16(12-4-6-13(19)7-5-12)11-24-18(21)20-15-9-8-14(22-2)10-17(15)23-3/h4-11H,1-3H3. The molecule has 124 valence electrons. The Morgan fingerprint density at radius 3 is 2.46 bits per heavy atom. The Morgan fingerprint density at radius 1 is 1.04 bits per heavy atom. The fourth-order valence-corrected chi connectivity index (χ4v) is 3.38. The van der Waals surface area contributed by atoms with E-state index in [-0.39, 0.29) is 0 Å². The summed E-state index contributed by atoms with van der Waals surface area (Å²) < 4.78 is 12.7. The summed E-state index contributed by atoms with van der Waals surface area (Å²) in [6.45, 7) is 0. The summed E-state index contributed by atoms with van der Waals surface area (Å²) in [5.74, 6) is 1.42. The first-order valence-corrected chi connectivity index (χ1v) is 8.55. The van der Waals surface area contributed by atoms with Crippen LogP contribution in [0.2, 0.25) is 5.02 Å². The Labute approximate surface area is 149 Å². The van der Waals surface area contributed by atoms with E-state index in [4.69, 9.17) is 26.1 Å². The molecule has 6 heteroatoms. The second kappa shape index (κ2) is 7.11. The molecular formula is C18H17ClN2O2S. The van der Waals surface area contributed by atoms with Crippen molar-refractivity contribution >= 4 is 28.6 Å². The van der Waals surface area contributed by atoms with Crippen molar-refractivity contribution in [1.82, 2.24) is 4.57 Å². The van der Waals surface area contributed by atoms with Crippen molar-refractivity contribution in [2.45, 2.75) is 0 Å².